The maximum absolute atomic E-state index is 12.4. The summed E-state index contributed by atoms with van der Waals surface area (Å²) >= 11 is 0. The molecule has 0 spiro atoms. The van der Waals surface area contributed by atoms with E-state index in [2.05, 4.69) is 58.6 Å². The molecule has 1 amide bonds. The molecule has 2 aromatic rings. The van der Waals surface area contributed by atoms with Crippen molar-refractivity contribution in [2.45, 2.75) is 83.2 Å². The van der Waals surface area contributed by atoms with E-state index in [4.69, 9.17) is 0 Å². The van der Waals surface area contributed by atoms with Crippen LogP contribution >= 0.6 is 0 Å². The molecule has 1 saturated heterocycles. The molecule has 31 heavy (non-hydrogen) atoms. The highest BCUT2D eigenvalue weighted by Gasteiger charge is 2.37. The van der Waals surface area contributed by atoms with E-state index in [1.54, 1.807) is 0 Å². The molecule has 5 heteroatoms. The molecule has 4 rings (SSSR count). The zero-order valence-electron chi connectivity index (χ0n) is 19.3. The molecular formula is C26H38N4O. The van der Waals surface area contributed by atoms with Crippen LogP contribution in [0.4, 0.5) is 0 Å². The van der Waals surface area contributed by atoms with Crippen molar-refractivity contribution in [1.82, 2.24) is 20.0 Å². The average molecular weight is 423 g/mol. The number of piperidine rings is 1. The van der Waals surface area contributed by atoms with Crippen molar-refractivity contribution >= 4 is 5.91 Å². The van der Waals surface area contributed by atoms with Crippen LogP contribution in [0.3, 0.4) is 0 Å². The van der Waals surface area contributed by atoms with Crippen LogP contribution in [0.25, 0.3) is 0 Å². The molecule has 1 aliphatic heterocycles. The summed E-state index contributed by atoms with van der Waals surface area (Å²) in [4.78, 5) is 15.1. The van der Waals surface area contributed by atoms with Crippen LogP contribution in [0.2, 0.25) is 0 Å². The molecule has 1 aromatic heterocycles. The summed E-state index contributed by atoms with van der Waals surface area (Å²) in [6.45, 7) is 8.24. The van der Waals surface area contributed by atoms with Crippen molar-refractivity contribution < 1.29 is 4.79 Å². The summed E-state index contributed by atoms with van der Waals surface area (Å²) in [6, 6.07) is 13.6. The summed E-state index contributed by atoms with van der Waals surface area (Å²) in [5, 5.41) is 7.77. The Kier molecular flexibility index (Phi) is 7.11. The first-order valence-electron chi connectivity index (χ1n) is 12.1. The molecule has 2 fully saturated rings. The van der Waals surface area contributed by atoms with Gasteiger partial charge in [0.15, 0.2) is 0 Å². The lowest BCUT2D eigenvalue weighted by Crippen LogP contribution is -2.48. The highest BCUT2D eigenvalue weighted by molar-refractivity contribution is 5.76. The molecule has 0 bridgehead atoms. The number of nitrogens with one attached hydrogen (secondary N) is 1. The Morgan fingerprint density at radius 3 is 2.48 bits per heavy atom. The second kappa shape index (κ2) is 9.99. The van der Waals surface area contributed by atoms with E-state index in [1.165, 1.54) is 43.5 Å². The van der Waals surface area contributed by atoms with Crippen molar-refractivity contribution in [3.05, 3.63) is 53.3 Å². The van der Waals surface area contributed by atoms with Crippen LogP contribution < -0.4 is 5.32 Å². The maximum atomic E-state index is 12.4. The van der Waals surface area contributed by atoms with Crippen LogP contribution in [0.1, 0.15) is 68.3 Å². The zero-order valence-corrected chi connectivity index (χ0v) is 19.3. The topological polar surface area (TPSA) is 50.2 Å². The number of carbonyl (C=O) groups excluding carboxylic acids is 1. The van der Waals surface area contributed by atoms with Crippen molar-refractivity contribution in [3.63, 3.8) is 0 Å². The summed E-state index contributed by atoms with van der Waals surface area (Å²) < 4.78 is 2.01. The molecule has 1 saturated carbocycles. The molecule has 2 heterocycles. The number of hydrogen-bond acceptors (Lipinski definition) is 3. The van der Waals surface area contributed by atoms with Gasteiger partial charge in [-0.15, -0.1) is 0 Å². The van der Waals surface area contributed by atoms with Gasteiger partial charge in [-0.1, -0.05) is 43.2 Å². The smallest absolute Gasteiger partial charge is 0.220 e. The van der Waals surface area contributed by atoms with Crippen LogP contribution in [0.15, 0.2) is 36.4 Å². The van der Waals surface area contributed by atoms with E-state index >= 15 is 0 Å². The standard InChI is InChI=1S/C26H38N4O/c1-21-19-22(2)30(28-21)16-8-11-25(31)27-24-12-17-29(18-13-24)20-26(14-6-7-15-26)23-9-4-3-5-10-23/h3-5,9-10,19,24H,6-8,11-18,20H2,1-2H3,(H,27,31). The predicted octanol–water partition coefficient (Wildman–Crippen LogP) is 4.37. The number of benzene rings is 1. The lowest BCUT2D eigenvalue weighted by atomic mass is 9.78. The summed E-state index contributed by atoms with van der Waals surface area (Å²) in [6.07, 6.45) is 8.86. The lowest BCUT2D eigenvalue weighted by Gasteiger charge is -2.39. The summed E-state index contributed by atoms with van der Waals surface area (Å²) in [5.74, 6) is 0.191. The molecule has 5 nitrogen and oxygen atoms in total. The van der Waals surface area contributed by atoms with Crippen molar-refractivity contribution in [2.75, 3.05) is 19.6 Å². The van der Waals surface area contributed by atoms with Gasteiger partial charge in [-0.05, 0) is 57.6 Å². The Bertz CT molecular complexity index is 846. The van der Waals surface area contributed by atoms with E-state index in [0.29, 0.717) is 17.9 Å². The molecular weight excluding hydrogens is 384 g/mol. The molecule has 1 aromatic carbocycles. The van der Waals surface area contributed by atoms with Gasteiger partial charge in [0.2, 0.25) is 5.91 Å². The van der Waals surface area contributed by atoms with Crippen molar-refractivity contribution in [1.29, 1.82) is 0 Å². The van der Waals surface area contributed by atoms with Gasteiger partial charge in [0.25, 0.3) is 0 Å². The maximum Gasteiger partial charge on any atom is 0.220 e. The monoisotopic (exact) mass is 422 g/mol. The average Bonchev–Trinajstić information content (AvgIpc) is 3.37. The van der Waals surface area contributed by atoms with Gasteiger partial charge in [0, 0.05) is 49.8 Å². The SMILES string of the molecule is Cc1cc(C)n(CCCC(=O)NC2CCN(CC3(c4ccccc4)CCCC3)CC2)n1. The van der Waals surface area contributed by atoms with Gasteiger partial charge in [-0.25, -0.2) is 0 Å². The number of nitrogens with zero attached hydrogens (tertiary/aromatic N) is 3. The minimum atomic E-state index is 0.191. The molecule has 168 valence electrons. The summed E-state index contributed by atoms with van der Waals surface area (Å²) in [7, 11) is 0. The highest BCUT2D eigenvalue weighted by atomic mass is 16.1. The molecule has 1 N–H and O–H groups in total. The van der Waals surface area contributed by atoms with Gasteiger partial charge in [0.05, 0.1) is 5.69 Å². The van der Waals surface area contributed by atoms with E-state index in [-0.39, 0.29) is 5.91 Å². The first-order chi connectivity index (χ1) is 15.0. The zero-order chi connectivity index (χ0) is 21.7. The number of amides is 1. The first-order valence-corrected chi connectivity index (χ1v) is 12.1. The Morgan fingerprint density at radius 1 is 1.13 bits per heavy atom. The Hall–Kier alpha value is -2.14. The normalized spacial score (nSPS) is 19.5. The second-order valence-electron chi connectivity index (χ2n) is 9.73. The molecule has 0 radical (unpaired) electrons. The lowest BCUT2D eigenvalue weighted by molar-refractivity contribution is -0.122. The number of rotatable bonds is 8. The first kappa shape index (κ1) is 22.1. The number of carbonyl (C=O) groups is 1. The molecule has 0 atom stereocenters. The van der Waals surface area contributed by atoms with E-state index in [9.17, 15) is 4.79 Å². The van der Waals surface area contributed by atoms with E-state index in [0.717, 1.165) is 44.6 Å². The minimum Gasteiger partial charge on any atom is -0.353 e. The molecule has 1 aliphatic carbocycles. The van der Waals surface area contributed by atoms with Crippen molar-refractivity contribution in [2.24, 2.45) is 0 Å². The fourth-order valence-electron chi connectivity index (χ4n) is 5.64. The highest BCUT2D eigenvalue weighted by Crippen LogP contribution is 2.42. The van der Waals surface area contributed by atoms with Gasteiger partial charge in [-0.3, -0.25) is 9.48 Å². The third-order valence-corrected chi connectivity index (χ3v) is 7.30. The van der Waals surface area contributed by atoms with E-state index < -0.39 is 0 Å². The second-order valence-corrected chi connectivity index (χ2v) is 9.73. The van der Waals surface area contributed by atoms with Gasteiger partial charge in [0.1, 0.15) is 0 Å². The third kappa shape index (κ3) is 5.57. The number of aryl methyl sites for hydroxylation is 3. The third-order valence-electron chi connectivity index (χ3n) is 7.30. The fourth-order valence-corrected chi connectivity index (χ4v) is 5.64. The largest absolute Gasteiger partial charge is 0.353 e. The fraction of sp³-hybridized carbons (Fsp3) is 0.615. The number of aromatic nitrogens is 2. The Balaban J connectivity index is 1.20. The van der Waals surface area contributed by atoms with Gasteiger partial charge < -0.3 is 10.2 Å². The molecule has 0 unspecified atom stereocenters. The number of likely N-dealkylation sites (tertiary alicyclic amines) is 1. The molecule has 2 aliphatic rings. The minimum absolute atomic E-state index is 0.191. The van der Waals surface area contributed by atoms with Crippen LogP contribution in [0.5, 0.6) is 0 Å². The Labute approximate surface area is 187 Å². The van der Waals surface area contributed by atoms with Gasteiger partial charge in [-0.2, -0.15) is 5.10 Å². The van der Waals surface area contributed by atoms with Crippen molar-refractivity contribution in [3.8, 4) is 0 Å². The van der Waals surface area contributed by atoms with Crippen LogP contribution in [-0.2, 0) is 16.8 Å². The van der Waals surface area contributed by atoms with Gasteiger partial charge >= 0.3 is 0 Å². The van der Waals surface area contributed by atoms with Crippen LogP contribution in [0, 0.1) is 13.8 Å². The van der Waals surface area contributed by atoms with E-state index in [1.807, 2.05) is 11.6 Å². The summed E-state index contributed by atoms with van der Waals surface area (Å²) in [5.41, 5.74) is 4.06. The number of hydrogen-bond donors (Lipinski definition) is 1. The quantitative estimate of drug-likeness (QED) is 0.687. The predicted molar refractivity (Wildman–Crippen MR) is 125 cm³/mol. The van der Waals surface area contributed by atoms with Crippen LogP contribution in [-0.4, -0.2) is 46.3 Å². The Morgan fingerprint density at radius 2 is 1.84 bits per heavy atom.